The van der Waals surface area contributed by atoms with Crippen LogP contribution < -0.4 is 0 Å². The SMILES string of the molecule is CC[C@@H]1CN([C@@H](C)c2ccc(S(C)(=O)=O)cc2)CCS1. The van der Waals surface area contributed by atoms with Gasteiger partial charge in [-0.05, 0) is 31.0 Å². The van der Waals surface area contributed by atoms with E-state index < -0.39 is 9.84 Å². The van der Waals surface area contributed by atoms with E-state index >= 15 is 0 Å². The second-order valence-corrected chi connectivity index (χ2v) is 8.84. The van der Waals surface area contributed by atoms with E-state index in [1.165, 1.54) is 24.0 Å². The monoisotopic (exact) mass is 313 g/mol. The number of hydrogen-bond acceptors (Lipinski definition) is 4. The van der Waals surface area contributed by atoms with E-state index in [1.807, 2.05) is 12.1 Å². The molecule has 0 spiro atoms. The van der Waals surface area contributed by atoms with Crippen LogP contribution in [0.25, 0.3) is 0 Å². The number of rotatable bonds is 4. The first-order valence-electron chi connectivity index (χ1n) is 7.07. The lowest BCUT2D eigenvalue weighted by atomic mass is 10.1. The maximum atomic E-state index is 11.5. The van der Waals surface area contributed by atoms with Gasteiger partial charge in [-0.2, -0.15) is 11.8 Å². The minimum absolute atomic E-state index is 0.346. The van der Waals surface area contributed by atoms with Crippen molar-refractivity contribution >= 4 is 21.6 Å². The summed E-state index contributed by atoms with van der Waals surface area (Å²) in [5.74, 6) is 1.18. The van der Waals surface area contributed by atoms with Gasteiger partial charge < -0.3 is 0 Å². The number of benzene rings is 1. The molecule has 20 heavy (non-hydrogen) atoms. The Hall–Kier alpha value is -0.520. The molecule has 0 N–H and O–H groups in total. The van der Waals surface area contributed by atoms with Crippen LogP contribution in [0.3, 0.4) is 0 Å². The van der Waals surface area contributed by atoms with Crippen molar-refractivity contribution in [3.63, 3.8) is 0 Å². The van der Waals surface area contributed by atoms with E-state index in [1.54, 1.807) is 12.1 Å². The number of nitrogens with zero attached hydrogens (tertiary/aromatic N) is 1. The topological polar surface area (TPSA) is 37.4 Å². The Morgan fingerprint density at radius 3 is 2.55 bits per heavy atom. The highest BCUT2D eigenvalue weighted by atomic mass is 32.2. The molecule has 0 unspecified atom stereocenters. The predicted molar refractivity (Wildman–Crippen MR) is 86.1 cm³/mol. The van der Waals surface area contributed by atoms with E-state index in [4.69, 9.17) is 0 Å². The first kappa shape index (κ1) is 15.9. The molecule has 2 rings (SSSR count). The van der Waals surface area contributed by atoms with E-state index in [0.29, 0.717) is 10.9 Å². The van der Waals surface area contributed by atoms with Gasteiger partial charge in [0.05, 0.1) is 4.90 Å². The Kier molecular flexibility index (Phi) is 5.15. The zero-order chi connectivity index (χ0) is 14.8. The predicted octanol–water partition coefficient (Wildman–Crippen LogP) is 2.98. The standard InChI is InChI=1S/C15H23NO2S2/c1-4-14-11-16(9-10-19-14)12(2)13-5-7-15(8-6-13)20(3,17)18/h5-8,12,14H,4,9-11H2,1-3H3/t12-,14+/m0/s1. The smallest absolute Gasteiger partial charge is 0.175 e. The van der Waals surface area contributed by atoms with Gasteiger partial charge in [0.1, 0.15) is 0 Å². The van der Waals surface area contributed by atoms with Crippen molar-refractivity contribution in [1.82, 2.24) is 4.90 Å². The minimum atomic E-state index is -3.10. The summed E-state index contributed by atoms with van der Waals surface area (Å²) in [6.45, 7) is 6.68. The molecule has 1 aromatic carbocycles. The van der Waals surface area contributed by atoms with E-state index in [0.717, 1.165) is 18.3 Å². The lowest BCUT2D eigenvalue weighted by molar-refractivity contribution is 0.217. The maximum absolute atomic E-state index is 11.5. The molecular formula is C15H23NO2S2. The molecule has 1 heterocycles. The van der Waals surface area contributed by atoms with Crippen molar-refractivity contribution in [2.45, 2.75) is 36.5 Å². The molecule has 1 aliphatic heterocycles. The van der Waals surface area contributed by atoms with Crippen LogP contribution in [0.1, 0.15) is 31.9 Å². The third kappa shape index (κ3) is 3.77. The zero-order valence-corrected chi connectivity index (χ0v) is 14.0. The third-order valence-electron chi connectivity index (χ3n) is 3.96. The maximum Gasteiger partial charge on any atom is 0.175 e. The van der Waals surface area contributed by atoms with Crippen LogP contribution in [0.4, 0.5) is 0 Å². The summed E-state index contributed by atoms with van der Waals surface area (Å²) < 4.78 is 23.0. The molecule has 2 atom stereocenters. The van der Waals surface area contributed by atoms with Gasteiger partial charge in [-0.15, -0.1) is 0 Å². The van der Waals surface area contributed by atoms with Crippen LogP contribution in [0.2, 0.25) is 0 Å². The Balaban J connectivity index is 2.11. The van der Waals surface area contributed by atoms with Gasteiger partial charge in [0.15, 0.2) is 9.84 Å². The van der Waals surface area contributed by atoms with Crippen molar-refractivity contribution in [1.29, 1.82) is 0 Å². The van der Waals surface area contributed by atoms with Crippen molar-refractivity contribution in [3.05, 3.63) is 29.8 Å². The molecule has 0 amide bonds. The van der Waals surface area contributed by atoms with Crippen LogP contribution >= 0.6 is 11.8 Å². The molecule has 0 saturated carbocycles. The quantitative estimate of drug-likeness (QED) is 0.856. The number of thioether (sulfide) groups is 1. The van der Waals surface area contributed by atoms with Crippen LogP contribution in [0, 0.1) is 0 Å². The van der Waals surface area contributed by atoms with Crippen molar-refractivity contribution in [2.24, 2.45) is 0 Å². The highest BCUT2D eigenvalue weighted by molar-refractivity contribution is 8.00. The fourth-order valence-corrected chi connectivity index (χ4v) is 4.38. The van der Waals surface area contributed by atoms with Crippen molar-refractivity contribution in [3.8, 4) is 0 Å². The summed E-state index contributed by atoms with van der Waals surface area (Å²) >= 11 is 2.06. The molecule has 112 valence electrons. The summed E-state index contributed by atoms with van der Waals surface area (Å²) in [6, 6.07) is 7.68. The normalized spacial score (nSPS) is 22.6. The van der Waals surface area contributed by atoms with Crippen LogP contribution in [0.15, 0.2) is 29.2 Å². The molecule has 0 bridgehead atoms. The summed E-state index contributed by atoms with van der Waals surface area (Å²) in [6.07, 6.45) is 2.46. The van der Waals surface area contributed by atoms with Gasteiger partial charge in [0.2, 0.25) is 0 Å². The fourth-order valence-electron chi connectivity index (χ4n) is 2.55. The van der Waals surface area contributed by atoms with E-state index in [9.17, 15) is 8.42 Å². The summed E-state index contributed by atoms with van der Waals surface area (Å²) in [5.41, 5.74) is 1.19. The van der Waals surface area contributed by atoms with Gasteiger partial charge in [0.25, 0.3) is 0 Å². The lowest BCUT2D eigenvalue weighted by Gasteiger charge is -2.36. The Labute approximate surface area is 126 Å². The van der Waals surface area contributed by atoms with E-state index in [2.05, 4.69) is 30.5 Å². The molecular weight excluding hydrogens is 290 g/mol. The number of sulfone groups is 1. The average molecular weight is 313 g/mol. The van der Waals surface area contributed by atoms with Crippen molar-refractivity contribution < 1.29 is 8.42 Å². The fraction of sp³-hybridized carbons (Fsp3) is 0.600. The summed E-state index contributed by atoms with van der Waals surface area (Å²) in [5, 5.41) is 0.724. The Bertz CT molecular complexity index is 539. The third-order valence-corrected chi connectivity index (χ3v) is 6.46. The molecule has 0 aromatic heterocycles. The van der Waals surface area contributed by atoms with E-state index in [-0.39, 0.29) is 0 Å². The first-order chi connectivity index (χ1) is 9.41. The molecule has 1 saturated heterocycles. The molecule has 1 fully saturated rings. The first-order valence-corrected chi connectivity index (χ1v) is 10.0. The zero-order valence-electron chi connectivity index (χ0n) is 12.4. The second-order valence-electron chi connectivity index (χ2n) is 5.41. The van der Waals surface area contributed by atoms with Crippen molar-refractivity contribution in [2.75, 3.05) is 25.1 Å². The highest BCUT2D eigenvalue weighted by Gasteiger charge is 2.23. The van der Waals surface area contributed by atoms with Gasteiger partial charge in [-0.25, -0.2) is 8.42 Å². The summed E-state index contributed by atoms with van der Waals surface area (Å²) in [7, 11) is -3.10. The summed E-state index contributed by atoms with van der Waals surface area (Å²) in [4.78, 5) is 2.90. The minimum Gasteiger partial charge on any atom is -0.295 e. The van der Waals surface area contributed by atoms with Crippen LogP contribution in [0.5, 0.6) is 0 Å². The molecule has 3 nitrogen and oxygen atoms in total. The Morgan fingerprint density at radius 1 is 1.35 bits per heavy atom. The van der Waals surface area contributed by atoms with Gasteiger partial charge in [-0.1, -0.05) is 19.1 Å². The van der Waals surface area contributed by atoms with Crippen LogP contribution in [-0.4, -0.2) is 43.7 Å². The Morgan fingerprint density at radius 2 is 2.00 bits per heavy atom. The molecule has 1 aliphatic rings. The molecule has 1 aromatic rings. The molecule has 0 radical (unpaired) electrons. The molecule has 5 heteroatoms. The lowest BCUT2D eigenvalue weighted by Crippen LogP contribution is -2.39. The molecule has 0 aliphatic carbocycles. The number of hydrogen-bond donors (Lipinski definition) is 0. The second kappa shape index (κ2) is 6.50. The van der Waals surface area contributed by atoms with Crippen LogP contribution in [-0.2, 0) is 9.84 Å². The van der Waals surface area contributed by atoms with Gasteiger partial charge in [-0.3, -0.25) is 4.90 Å². The largest absolute Gasteiger partial charge is 0.295 e. The van der Waals surface area contributed by atoms with Gasteiger partial charge in [0, 0.05) is 36.4 Å². The average Bonchev–Trinajstić information content (AvgIpc) is 2.46. The highest BCUT2D eigenvalue weighted by Crippen LogP contribution is 2.28. The van der Waals surface area contributed by atoms with Gasteiger partial charge >= 0.3 is 0 Å².